The van der Waals surface area contributed by atoms with E-state index in [4.69, 9.17) is 5.73 Å². The van der Waals surface area contributed by atoms with Crippen molar-refractivity contribution in [2.45, 2.75) is 39.2 Å². The van der Waals surface area contributed by atoms with Crippen LogP contribution in [0.1, 0.15) is 28.7 Å². The average molecular weight is 232 g/mol. The highest BCUT2D eigenvalue weighted by molar-refractivity contribution is 5.38. The molecule has 0 bridgehead atoms. The van der Waals surface area contributed by atoms with E-state index in [9.17, 15) is 0 Å². The third kappa shape index (κ3) is 2.70. The number of rotatable bonds is 2. The smallest absolute Gasteiger partial charge is 0.0336 e. The number of hydrogen-bond donors (Lipinski definition) is 1. The van der Waals surface area contributed by atoms with Crippen molar-refractivity contribution in [3.8, 4) is 0 Å². The second-order valence-electron chi connectivity index (χ2n) is 5.90. The Bertz CT molecular complexity index is 402. The quantitative estimate of drug-likeness (QED) is 0.847. The zero-order valence-electron chi connectivity index (χ0n) is 11.5. The van der Waals surface area contributed by atoms with E-state index in [2.05, 4.69) is 44.9 Å². The zero-order valence-corrected chi connectivity index (χ0v) is 11.5. The molecule has 0 radical (unpaired) electrons. The van der Waals surface area contributed by atoms with Crippen molar-refractivity contribution in [2.75, 3.05) is 20.1 Å². The van der Waals surface area contributed by atoms with Crippen LogP contribution in [0.25, 0.3) is 0 Å². The number of likely N-dealkylation sites (N-methyl/N-ethyl adjacent to an activating group) is 1. The Morgan fingerprint density at radius 3 is 2.29 bits per heavy atom. The Kier molecular flexibility index (Phi) is 3.28. The Hall–Kier alpha value is -0.860. The maximum absolute atomic E-state index is 6.52. The molecular formula is C15H24N2. The van der Waals surface area contributed by atoms with Gasteiger partial charge < -0.3 is 10.6 Å². The minimum absolute atomic E-state index is 0.0282. The molecule has 0 aromatic heterocycles. The first-order valence-corrected chi connectivity index (χ1v) is 6.44. The van der Waals surface area contributed by atoms with Crippen molar-refractivity contribution < 1.29 is 0 Å². The van der Waals surface area contributed by atoms with Gasteiger partial charge in [0.2, 0.25) is 0 Å². The van der Waals surface area contributed by atoms with Crippen LogP contribution in [0.4, 0.5) is 0 Å². The van der Waals surface area contributed by atoms with Crippen molar-refractivity contribution in [3.05, 3.63) is 34.4 Å². The van der Waals surface area contributed by atoms with Gasteiger partial charge in [-0.15, -0.1) is 0 Å². The fourth-order valence-corrected chi connectivity index (χ4v) is 3.09. The maximum atomic E-state index is 6.52. The van der Waals surface area contributed by atoms with Gasteiger partial charge in [-0.2, -0.15) is 0 Å². The van der Waals surface area contributed by atoms with Gasteiger partial charge in [0.05, 0.1) is 0 Å². The third-order valence-corrected chi connectivity index (χ3v) is 3.95. The molecule has 17 heavy (non-hydrogen) atoms. The highest BCUT2D eigenvalue weighted by Crippen LogP contribution is 2.26. The van der Waals surface area contributed by atoms with Crippen molar-refractivity contribution in [2.24, 2.45) is 5.73 Å². The van der Waals surface area contributed by atoms with Crippen LogP contribution in [0.5, 0.6) is 0 Å². The summed E-state index contributed by atoms with van der Waals surface area (Å²) in [6.45, 7) is 8.71. The topological polar surface area (TPSA) is 29.3 Å². The van der Waals surface area contributed by atoms with Crippen LogP contribution in [0.3, 0.4) is 0 Å². The molecule has 1 aromatic rings. The molecule has 1 atom stereocenters. The summed E-state index contributed by atoms with van der Waals surface area (Å²) in [5, 5.41) is 0. The fourth-order valence-electron chi connectivity index (χ4n) is 3.09. The van der Waals surface area contributed by atoms with Gasteiger partial charge in [0, 0.05) is 12.1 Å². The number of nitrogens with zero attached hydrogens (tertiary/aromatic N) is 1. The normalized spacial score (nSPS) is 25.5. The molecule has 1 heterocycles. The number of nitrogens with two attached hydrogens (primary N) is 1. The van der Waals surface area contributed by atoms with Crippen LogP contribution in [0.15, 0.2) is 12.1 Å². The second kappa shape index (κ2) is 4.43. The van der Waals surface area contributed by atoms with Crippen LogP contribution >= 0.6 is 0 Å². The first-order chi connectivity index (χ1) is 7.89. The highest BCUT2D eigenvalue weighted by atomic mass is 15.2. The molecule has 1 aliphatic heterocycles. The number of likely N-dealkylation sites (tertiary alicyclic amines) is 1. The molecule has 0 amide bonds. The van der Waals surface area contributed by atoms with Gasteiger partial charge in [0.1, 0.15) is 0 Å². The molecule has 2 heteroatoms. The van der Waals surface area contributed by atoms with Crippen LogP contribution in [-0.2, 0) is 6.42 Å². The van der Waals surface area contributed by atoms with Gasteiger partial charge in [-0.25, -0.2) is 0 Å². The summed E-state index contributed by atoms with van der Waals surface area (Å²) >= 11 is 0. The van der Waals surface area contributed by atoms with E-state index < -0.39 is 0 Å². The summed E-state index contributed by atoms with van der Waals surface area (Å²) in [5.41, 5.74) is 12.1. The largest absolute Gasteiger partial charge is 0.324 e. The lowest BCUT2D eigenvalue weighted by atomic mass is 9.86. The lowest BCUT2D eigenvalue weighted by Gasteiger charge is -2.26. The lowest BCUT2D eigenvalue weighted by molar-refractivity contribution is 0.366. The molecule has 0 aliphatic carbocycles. The molecular weight excluding hydrogens is 208 g/mol. The molecule has 0 saturated carbocycles. The number of benzene rings is 1. The van der Waals surface area contributed by atoms with Gasteiger partial charge in [-0.05, 0) is 63.9 Å². The standard InChI is InChI=1S/C15H24N2/c1-11-7-12(2)14(13(3)8-11)9-15(16)5-6-17(4)10-15/h7-8H,5-6,9-10,16H2,1-4H3. The first-order valence-electron chi connectivity index (χ1n) is 6.44. The summed E-state index contributed by atoms with van der Waals surface area (Å²) in [6.07, 6.45) is 2.12. The fraction of sp³-hybridized carbons (Fsp3) is 0.600. The number of aryl methyl sites for hydroxylation is 3. The maximum Gasteiger partial charge on any atom is 0.0336 e. The number of hydrogen-bond acceptors (Lipinski definition) is 2. The van der Waals surface area contributed by atoms with E-state index in [0.717, 1.165) is 25.9 Å². The summed E-state index contributed by atoms with van der Waals surface area (Å²) in [6, 6.07) is 4.54. The van der Waals surface area contributed by atoms with E-state index >= 15 is 0 Å². The second-order valence-corrected chi connectivity index (χ2v) is 5.90. The van der Waals surface area contributed by atoms with Crippen LogP contribution < -0.4 is 5.73 Å². The minimum atomic E-state index is -0.0282. The average Bonchev–Trinajstić information content (AvgIpc) is 2.53. The summed E-state index contributed by atoms with van der Waals surface area (Å²) < 4.78 is 0. The molecule has 1 saturated heterocycles. The summed E-state index contributed by atoms with van der Waals surface area (Å²) in [7, 11) is 2.16. The van der Waals surface area contributed by atoms with E-state index in [1.54, 1.807) is 0 Å². The van der Waals surface area contributed by atoms with E-state index in [0.29, 0.717) is 0 Å². The lowest BCUT2D eigenvalue weighted by Crippen LogP contribution is -2.44. The van der Waals surface area contributed by atoms with E-state index in [1.165, 1.54) is 22.3 Å². The first kappa shape index (κ1) is 12.6. The van der Waals surface area contributed by atoms with Crippen molar-refractivity contribution in [1.29, 1.82) is 0 Å². The Balaban J connectivity index is 2.24. The summed E-state index contributed by atoms with van der Waals surface area (Å²) in [4.78, 5) is 2.33. The van der Waals surface area contributed by atoms with Crippen molar-refractivity contribution in [1.82, 2.24) is 4.90 Å². The van der Waals surface area contributed by atoms with Gasteiger partial charge >= 0.3 is 0 Å². The molecule has 2 N–H and O–H groups in total. The predicted molar refractivity (Wildman–Crippen MR) is 73.4 cm³/mol. The van der Waals surface area contributed by atoms with Crippen LogP contribution in [-0.4, -0.2) is 30.6 Å². The van der Waals surface area contributed by atoms with E-state index in [1.807, 2.05) is 0 Å². The van der Waals surface area contributed by atoms with Gasteiger partial charge in [0.15, 0.2) is 0 Å². The van der Waals surface area contributed by atoms with Crippen molar-refractivity contribution >= 4 is 0 Å². The Labute approximate surface area is 105 Å². The Morgan fingerprint density at radius 1 is 1.24 bits per heavy atom. The third-order valence-electron chi connectivity index (χ3n) is 3.95. The predicted octanol–water partition coefficient (Wildman–Crippen LogP) is 2.19. The molecule has 1 fully saturated rings. The molecule has 1 unspecified atom stereocenters. The molecule has 94 valence electrons. The SMILES string of the molecule is Cc1cc(C)c(CC2(N)CCN(C)C2)c(C)c1. The molecule has 1 aromatic carbocycles. The molecule has 1 aliphatic rings. The van der Waals surface area contributed by atoms with Gasteiger partial charge in [0.25, 0.3) is 0 Å². The van der Waals surface area contributed by atoms with Crippen molar-refractivity contribution in [3.63, 3.8) is 0 Å². The van der Waals surface area contributed by atoms with Crippen LogP contribution in [0.2, 0.25) is 0 Å². The van der Waals surface area contributed by atoms with E-state index in [-0.39, 0.29) is 5.54 Å². The van der Waals surface area contributed by atoms with Gasteiger partial charge in [-0.3, -0.25) is 0 Å². The molecule has 2 rings (SSSR count). The summed E-state index contributed by atoms with van der Waals surface area (Å²) in [5.74, 6) is 0. The monoisotopic (exact) mass is 232 g/mol. The van der Waals surface area contributed by atoms with Gasteiger partial charge in [-0.1, -0.05) is 17.7 Å². The zero-order chi connectivity index (χ0) is 12.6. The molecule has 0 spiro atoms. The minimum Gasteiger partial charge on any atom is -0.324 e. The Morgan fingerprint density at radius 2 is 1.82 bits per heavy atom. The highest BCUT2D eigenvalue weighted by Gasteiger charge is 2.33. The molecule has 2 nitrogen and oxygen atoms in total. The van der Waals surface area contributed by atoms with Crippen LogP contribution in [0, 0.1) is 20.8 Å².